The van der Waals surface area contributed by atoms with Crippen LogP contribution in [0.2, 0.25) is 0 Å². The van der Waals surface area contributed by atoms with Crippen LogP contribution < -0.4 is 0 Å². The standard InChI is InChI=1S/C36H62O2/c1-5-7-9-11-13-15-17-28-20-22-32-31-21-19-29-27-30(38-34(37)18-16-14-12-10-8-6-2)23-25-36(29,4)33(31)24-26-35(28,32)3/h19,28,30-33H,5-18,20-27H2,1-4H3/t28-,30+,31+,32+,33+,35-,36+/m1/s1. The molecule has 0 aliphatic heterocycles. The normalized spacial score (nSPS) is 36.2. The SMILES string of the molecule is CCCCCCCCC(=O)O[C@H]1CC[C@@]2(C)C(=CC[C@H]3[C@@H]4CC[C@@H](CCCCCCCC)[C@@]4(C)CC[C@@H]32)C1. The van der Waals surface area contributed by atoms with Gasteiger partial charge in [0.2, 0.25) is 0 Å². The fourth-order valence-electron chi connectivity index (χ4n) is 9.78. The van der Waals surface area contributed by atoms with Crippen molar-refractivity contribution < 1.29 is 9.53 Å². The Labute approximate surface area is 236 Å². The molecule has 0 aromatic heterocycles. The summed E-state index contributed by atoms with van der Waals surface area (Å²) < 4.78 is 6.04. The molecule has 4 aliphatic rings. The second-order valence-corrected chi connectivity index (χ2v) is 14.5. The van der Waals surface area contributed by atoms with Crippen molar-refractivity contribution >= 4 is 5.97 Å². The molecule has 7 atom stereocenters. The maximum atomic E-state index is 12.6. The second kappa shape index (κ2) is 14.2. The number of fused-ring (bicyclic) bond motifs is 5. The van der Waals surface area contributed by atoms with E-state index in [1.807, 2.05) is 0 Å². The van der Waals surface area contributed by atoms with Crippen molar-refractivity contribution in [3.63, 3.8) is 0 Å². The highest BCUT2D eigenvalue weighted by atomic mass is 16.5. The molecule has 0 aromatic rings. The fraction of sp³-hybridized carbons (Fsp3) is 0.917. The first-order valence-electron chi connectivity index (χ1n) is 17.3. The summed E-state index contributed by atoms with van der Waals surface area (Å²) >= 11 is 0. The number of hydrogen-bond donors (Lipinski definition) is 0. The maximum Gasteiger partial charge on any atom is 0.306 e. The highest BCUT2D eigenvalue weighted by molar-refractivity contribution is 5.69. The molecular weight excluding hydrogens is 464 g/mol. The van der Waals surface area contributed by atoms with Gasteiger partial charge >= 0.3 is 5.97 Å². The summed E-state index contributed by atoms with van der Waals surface area (Å²) in [5.74, 6) is 3.71. The van der Waals surface area contributed by atoms with Gasteiger partial charge in [-0.05, 0) is 92.3 Å². The van der Waals surface area contributed by atoms with E-state index < -0.39 is 0 Å². The van der Waals surface area contributed by atoms with Gasteiger partial charge in [0.05, 0.1) is 0 Å². The predicted octanol–water partition coefficient (Wildman–Crippen LogP) is 11.0. The van der Waals surface area contributed by atoms with E-state index in [-0.39, 0.29) is 12.1 Å². The minimum absolute atomic E-state index is 0.0548. The molecule has 3 saturated carbocycles. The van der Waals surface area contributed by atoms with Crippen molar-refractivity contribution in [2.24, 2.45) is 34.5 Å². The zero-order valence-electron chi connectivity index (χ0n) is 25.8. The van der Waals surface area contributed by atoms with Crippen molar-refractivity contribution in [3.05, 3.63) is 11.6 Å². The van der Waals surface area contributed by atoms with Gasteiger partial charge in [0.1, 0.15) is 6.10 Å². The van der Waals surface area contributed by atoms with E-state index in [0.717, 1.165) is 42.9 Å². The number of carbonyl (C=O) groups excluding carboxylic acids is 1. The molecule has 4 rings (SSSR count). The number of rotatable bonds is 15. The Kier molecular flexibility index (Phi) is 11.3. The van der Waals surface area contributed by atoms with Gasteiger partial charge in [0, 0.05) is 12.8 Å². The van der Waals surface area contributed by atoms with Crippen LogP contribution in [0.25, 0.3) is 0 Å². The van der Waals surface area contributed by atoms with E-state index in [0.29, 0.717) is 17.3 Å². The molecule has 0 amide bonds. The van der Waals surface area contributed by atoms with Crippen LogP contribution in [0, 0.1) is 34.5 Å². The molecule has 218 valence electrons. The summed E-state index contributed by atoms with van der Waals surface area (Å²) in [6.45, 7) is 9.86. The van der Waals surface area contributed by atoms with Gasteiger partial charge in [-0.3, -0.25) is 4.79 Å². The minimum atomic E-state index is 0.0548. The van der Waals surface area contributed by atoms with E-state index in [2.05, 4.69) is 33.8 Å². The van der Waals surface area contributed by atoms with E-state index in [1.165, 1.54) is 116 Å². The Bertz CT molecular complexity index is 769. The molecule has 0 bridgehead atoms. The Morgan fingerprint density at radius 3 is 2.24 bits per heavy atom. The lowest BCUT2D eigenvalue weighted by atomic mass is 9.47. The van der Waals surface area contributed by atoms with Gasteiger partial charge in [0.25, 0.3) is 0 Å². The topological polar surface area (TPSA) is 26.3 Å². The minimum Gasteiger partial charge on any atom is -0.462 e. The molecule has 38 heavy (non-hydrogen) atoms. The van der Waals surface area contributed by atoms with Crippen LogP contribution in [-0.2, 0) is 9.53 Å². The molecular formula is C36H62O2. The molecule has 2 nitrogen and oxygen atoms in total. The van der Waals surface area contributed by atoms with E-state index in [4.69, 9.17) is 4.74 Å². The van der Waals surface area contributed by atoms with Crippen molar-refractivity contribution in [2.75, 3.05) is 0 Å². The lowest BCUT2D eigenvalue weighted by molar-refractivity contribution is -0.151. The van der Waals surface area contributed by atoms with Crippen LogP contribution in [0.5, 0.6) is 0 Å². The third-order valence-electron chi connectivity index (χ3n) is 12.2. The number of hydrogen-bond acceptors (Lipinski definition) is 2. The van der Waals surface area contributed by atoms with Gasteiger partial charge in [-0.2, -0.15) is 0 Å². The number of ether oxygens (including phenoxy) is 1. The Balaban J connectivity index is 1.27. The van der Waals surface area contributed by atoms with E-state index >= 15 is 0 Å². The van der Waals surface area contributed by atoms with Crippen LogP contribution in [0.1, 0.15) is 169 Å². The van der Waals surface area contributed by atoms with Gasteiger partial charge in [-0.1, -0.05) is 110 Å². The molecule has 0 saturated heterocycles. The molecule has 0 heterocycles. The van der Waals surface area contributed by atoms with Crippen LogP contribution in [0.3, 0.4) is 0 Å². The summed E-state index contributed by atoms with van der Waals surface area (Å²) in [5, 5.41) is 0. The number of allylic oxidation sites excluding steroid dienone is 1. The fourth-order valence-corrected chi connectivity index (χ4v) is 9.78. The van der Waals surface area contributed by atoms with E-state index in [9.17, 15) is 4.79 Å². The largest absolute Gasteiger partial charge is 0.462 e. The van der Waals surface area contributed by atoms with Crippen LogP contribution in [0.4, 0.5) is 0 Å². The first-order valence-corrected chi connectivity index (χ1v) is 17.3. The first kappa shape index (κ1) is 30.2. The predicted molar refractivity (Wildman–Crippen MR) is 161 cm³/mol. The van der Waals surface area contributed by atoms with Gasteiger partial charge in [-0.15, -0.1) is 0 Å². The third-order valence-corrected chi connectivity index (χ3v) is 12.2. The summed E-state index contributed by atoms with van der Waals surface area (Å²) in [4.78, 5) is 12.6. The molecule has 0 radical (unpaired) electrons. The Morgan fingerprint density at radius 1 is 0.816 bits per heavy atom. The van der Waals surface area contributed by atoms with Crippen LogP contribution >= 0.6 is 0 Å². The van der Waals surface area contributed by atoms with Crippen molar-refractivity contribution in [2.45, 2.75) is 175 Å². The zero-order chi connectivity index (χ0) is 27.0. The molecule has 3 fully saturated rings. The molecule has 0 unspecified atom stereocenters. The maximum absolute atomic E-state index is 12.6. The molecule has 0 aromatic carbocycles. The number of unbranched alkanes of at least 4 members (excludes halogenated alkanes) is 10. The van der Waals surface area contributed by atoms with Crippen molar-refractivity contribution in [3.8, 4) is 0 Å². The second-order valence-electron chi connectivity index (χ2n) is 14.5. The van der Waals surface area contributed by atoms with Crippen molar-refractivity contribution in [1.82, 2.24) is 0 Å². The van der Waals surface area contributed by atoms with Gasteiger partial charge in [0.15, 0.2) is 0 Å². The average Bonchev–Trinajstić information content (AvgIpc) is 3.24. The lowest BCUT2D eigenvalue weighted by Crippen LogP contribution is -2.50. The van der Waals surface area contributed by atoms with Gasteiger partial charge < -0.3 is 4.74 Å². The zero-order valence-corrected chi connectivity index (χ0v) is 25.8. The number of esters is 1. The Morgan fingerprint density at radius 2 is 1.50 bits per heavy atom. The summed E-state index contributed by atoms with van der Waals surface area (Å²) in [7, 11) is 0. The van der Waals surface area contributed by atoms with Crippen LogP contribution in [-0.4, -0.2) is 12.1 Å². The first-order chi connectivity index (χ1) is 18.4. The number of carbonyl (C=O) groups is 1. The monoisotopic (exact) mass is 526 g/mol. The summed E-state index contributed by atoms with van der Waals surface area (Å²) in [5.41, 5.74) is 2.59. The average molecular weight is 527 g/mol. The summed E-state index contributed by atoms with van der Waals surface area (Å²) in [6.07, 6.45) is 31.2. The molecule has 4 aliphatic carbocycles. The van der Waals surface area contributed by atoms with E-state index in [1.54, 1.807) is 5.57 Å². The van der Waals surface area contributed by atoms with Crippen molar-refractivity contribution in [1.29, 1.82) is 0 Å². The highest BCUT2D eigenvalue weighted by Gasteiger charge is 2.58. The van der Waals surface area contributed by atoms with Gasteiger partial charge in [-0.25, -0.2) is 0 Å². The summed E-state index contributed by atoms with van der Waals surface area (Å²) in [6, 6.07) is 0. The lowest BCUT2D eigenvalue weighted by Gasteiger charge is -2.58. The van der Waals surface area contributed by atoms with Crippen LogP contribution in [0.15, 0.2) is 11.6 Å². The third kappa shape index (κ3) is 6.91. The smallest absolute Gasteiger partial charge is 0.306 e. The quantitative estimate of drug-likeness (QED) is 0.120. The molecule has 0 N–H and O–H groups in total. The molecule has 0 spiro atoms. The highest BCUT2D eigenvalue weighted by Crippen LogP contribution is 2.66. The molecule has 2 heteroatoms. The Hall–Kier alpha value is -0.790.